The van der Waals surface area contributed by atoms with Crippen LogP contribution in [0.15, 0.2) is 39.9 Å². The van der Waals surface area contributed by atoms with E-state index >= 15 is 0 Å². The molecular weight excluding hydrogens is 434 g/mol. The predicted octanol–water partition coefficient (Wildman–Crippen LogP) is 2.70. The van der Waals surface area contributed by atoms with E-state index < -0.39 is 17.2 Å². The number of H-pyrrole nitrogens is 1. The van der Waals surface area contributed by atoms with Crippen LogP contribution in [0.3, 0.4) is 0 Å². The van der Waals surface area contributed by atoms with E-state index in [4.69, 9.17) is 4.74 Å². The van der Waals surface area contributed by atoms with Crippen molar-refractivity contribution in [3.8, 4) is 0 Å². The summed E-state index contributed by atoms with van der Waals surface area (Å²) in [7, 11) is 0. The van der Waals surface area contributed by atoms with Crippen molar-refractivity contribution in [2.24, 2.45) is 0 Å². The second-order valence-electron chi connectivity index (χ2n) is 8.86. The maximum Gasteiger partial charge on any atom is 0.329 e. The molecule has 0 bridgehead atoms. The van der Waals surface area contributed by atoms with Crippen molar-refractivity contribution in [3.05, 3.63) is 68.0 Å². The maximum atomic E-state index is 13.5. The fourth-order valence-electron chi connectivity index (χ4n) is 4.17. The van der Waals surface area contributed by atoms with Gasteiger partial charge in [0.05, 0.1) is 24.2 Å². The largest absolute Gasteiger partial charge is 0.379 e. The molecule has 34 heavy (non-hydrogen) atoms. The Labute approximate surface area is 197 Å². The van der Waals surface area contributed by atoms with E-state index in [2.05, 4.69) is 20.2 Å². The topological polar surface area (TPSA) is 109 Å². The Morgan fingerprint density at radius 1 is 1.21 bits per heavy atom. The van der Waals surface area contributed by atoms with E-state index in [1.165, 1.54) is 4.57 Å². The van der Waals surface area contributed by atoms with Crippen molar-refractivity contribution in [1.29, 1.82) is 0 Å². The van der Waals surface area contributed by atoms with Gasteiger partial charge in [0.15, 0.2) is 5.65 Å². The zero-order chi connectivity index (χ0) is 24.2. The third kappa shape index (κ3) is 4.95. The second-order valence-corrected chi connectivity index (χ2v) is 8.86. The summed E-state index contributed by atoms with van der Waals surface area (Å²) < 4.78 is 6.87. The number of hydrogen-bond acceptors (Lipinski definition) is 6. The summed E-state index contributed by atoms with van der Waals surface area (Å²) in [6.07, 6.45) is 0.686. The number of para-hydroxylation sites is 1. The van der Waals surface area contributed by atoms with E-state index in [-0.39, 0.29) is 22.5 Å². The first kappa shape index (κ1) is 23.8. The molecular formula is C25H31N5O4. The molecule has 3 heterocycles. The summed E-state index contributed by atoms with van der Waals surface area (Å²) >= 11 is 0. The number of aryl methyl sites for hydroxylation is 1. The molecule has 1 saturated heterocycles. The van der Waals surface area contributed by atoms with Crippen molar-refractivity contribution < 1.29 is 9.53 Å². The number of carbonyl (C=O) groups excluding carboxylic acids is 1. The normalized spacial score (nSPS) is 14.6. The fraction of sp³-hybridized carbons (Fsp3) is 0.440. The van der Waals surface area contributed by atoms with Crippen LogP contribution in [-0.2, 0) is 17.8 Å². The number of morpholine rings is 1. The lowest BCUT2D eigenvalue weighted by atomic mass is 10.0. The Morgan fingerprint density at radius 3 is 2.65 bits per heavy atom. The number of pyridine rings is 1. The first-order valence-electron chi connectivity index (χ1n) is 11.8. The van der Waals surface area contributed by atoms with E-state index in [0.29, 0.717) is 44.1 Å². The number of amides is 1. The number of fused-ring (bicyclic) bond motifs is 1. The van der Waals surface area contributed by atoms with E-state index in [0.717, 1.165) is 18.7 Å². The van der Waals surface area contributed by atoms with Gasteiger partial charge in [-0.15, -0.1) is 0 Å². The Kier molecular flexibility index (Phi) is 7.23. The van der Waals surface area contributed by atoms with Gasteiger partial charge in [-0.3, -0.25) is 24.0 Å². The number of rotatable bonds is 7. The molecule has 1 fully saturated rings. The third-order valence-electron chi connectivity index (χ3n) is 6.02. The standard InChI is InChI=1S/C25H31N5O4/c1-4-9-30-22-21(24(32)28-25(30)33)18(14-20(26-22)16(2)3)23(31)27-19-8-6-5-7-17(19)15-29-10-12-34-13-11-29/h5-8,14,16H,4,9-13,15H2,1-3H3,(H,27,31)(H,28,32,33). The Balaban J connectivity index is 1.77. The number of carbonyl (C=O) groups is 1. The molecule has 3 aromatic rings. The molecule has 1 aliphatic heterocycles. The van der Waals surface area contributed by atoms with Gasteiger partial charge in [0.1, 0.15) is 0 Å². The monoisotopic (exact) mass is 465 g/mol. The molecule has 4 rings (SSSR count). The lowest BCUT2D eigenvalue weighted by Crippen LogP contribution is -2.36. The molecule has 2 N–H and O–H groups in total. The molecule has 1 amide bonds. The van der Waals surface area contributed by atoms with Crippen LogP contribution in [-0.4, -0.2) is 51.6 Å². The van der Waals surface area contributed by atoms with Crippen molar-refractivity contribution in [2.45, 2.75) is 46.2 Å². The minimum atomic E-state index is -0.609. The first-order chi connectivity index (χ1) is 16.4. The van der Waals surface area contributed by atoms with Gasteiger partial charge in [-0.25, -0.2) is 9.78 Å². The molecule has 0 aliphatic carbocycles. The SMILES string of the molecule is CCCn1c(=O)[nH]c(=O)c2c(C(=O)Nc3ccccc3CN3CCOCC3)cc(C(C)C)nc21. The second kappa shape index (κ2) is 10.3. The zero-order valence-electron chi connectivity index (χ0n) is 19.9. The molecule has 9 heteroatoms. The summed E-state index contributed by atoms with van der Waals surface area (Å²) in [6, 6.07) is 9.31. The molecule has 0 radical (unpaired) electrons. The molecule has 9 nitrogen and oxygen atoms in total. The van der Waals surface area contributed by atoms with Gasteiger partial charge >= 0.3 is 5.69 Å². The number of aromatic amines is 1. The summed E-state index contributed by atoms with van der Waals surface area (Å²) in [5, 5.41) is 3.13. The summed E-state index contributed by atoms with van der Waals surface area (Å²) in [6.45, 7) is 9.99. The molecule has 0 atom stereocenters. The molecule has 2 aromatic heterocycles. The Hall–Kier alpha value is -3.30. The van der Waals surface area contributed by atoms with Crippen LogP contribution in [0, 0.1) is 0 Å². The number of hydrogen-bond donors (Lipinski definition) is 2. The lowest BCUT2D eigenvalue weighted by molar-refractivity contribution is 0.0342. The van der Waals surface area contributed by atoms with Crippen molar-refractivity contribution >= 4 is 22.6 Å². The van der Waals surface area contributed by atoms with Gasteiger partial charge in [0.2, 0.25) is 0 Å². The fourth-order valence-corrected chi connectivity index (χ4v) is 4.17. The molecule has 0 spiro atoms. The highest BCUT2D eigenvalue weighted by Gasteiger charge is 2.21. The van der Waals surface area contributed by atoms with Gasteiger partial charge in [0, 0.05) is 37.6 Å². The van der Waals surface area contributed by atoms with Crippen LogP contribution < -0.4 is 16.6 Å². The highest BCUT2D eigenvalue weighted by molar-refractivity contribution is 6.12. The van der Waals surface area contributed by atoms with E-state index in [1.807, 2.05) is 45.0 Å². The van der Waals surface area contributed by atoms with Gasteiger partial charge in [0.25, 0.3) is 11.5 Å². The summed E-state index contributed by atoms with van der Waals surface area (Å²) in [5.74, 6) is -0.398. The highest BCUT2D eigenvalue weighted by Crippen LogP contribution is 2.23. The number of ether oxygens (including phenoxy) is 1. The van der Waals surface area contributed by atoms with Crippen LogP contribution >= 0.6 is 0 Å². The minimum absolute atomic E-state index is 0.00835. The number of anilines is 1. The smallest absolute Gasteiger partial charge is 0.329 e. The van der Waals surface area contributed by atoms with E-state index in [9.17, 15) is 14.4 Å². The Bertz CT molecular complexity index is 1300. The number of nitrogens with zero attached hydrogens (tertiary/aromatic N) is 3. The molecule has 1 aromatic carbocycles. The maximum absolute atomic E-state index is 13.5. The highest BCUT2D eigenvalue weighted by atomic mass is 16.5. The molecule has 0 saturated carbocycles. The zero-order valence-corrected chi connectivity index (χ0v) is 19.9. The van der Waals surface area contributed by atoms with Crippen LogP contribution in [0.1, 0.15) is 54.7 Å². The van der Waals surface area contributed by atoms with Gasteiger partial charge in [-0.05, 0) is 30.0 Å². The molecule has 180 valence electrons. The van der Waals surface area contributed by atoms with Crippen LogP contribution in [0.4, 0.5) is 5.69 Å². The predicted molar refractivity (Wildman–Crippen MR) is 131 cm³/mol. The van der Waals surface area contributed by atoms with Crippen LogP contribution in [0.2, 0.25) is 0 Å². The average molecular weight is 466 g/mol. The summed E-state index contributed by atoms with van der Waals surface area (Å²) in [5.41, 5.74) is 1.64. The summed E-state index contributed by atoms with van der Waals surface area (Å²) in [4.78, 5) is 48.1. The van der Waals surface area contributed by atoms with Crippen molar-refractivity contribution in [2.75, 3.05) is 31.6 Å². The lowest BCUT2D eigenvalue weighted by Gasteiger charge is -2.27. The number of benzene rings is 1. The van der Waals surface area contributed by atoms with Crippen LogP contribution in [0.25, 0.3) is 11.0 Å². The molecule has 1 aliphatic rings. The minimum Gasteiger partial charge on any atom is -0.379 e. The van der Waals surface area contributed by atoms with Crippen molar-refractivity contribution in [3.63, 3.8) is 0 Å². The number of nitrogens with one attached hydrogen (secondary N) is 2. The first-order valence-corrected chi connectivity index (χ1v) is 11.8. The van der Waals surface area contributed by atoms with Crippen LogP contribution in [0.5, 0.6) is 0 Å². The van der Waals surface area contributed by atoms with E-state index in [1.54, 1.807) is 6.07 Å². The van der Waals surface area contributed by atoms with Gasteiger partial charge in [-0.2, -0.15) is 0 Å². The third-order valence-corrected chi connectivity index (χ3v) is 6.02. The Morgan fingerprint density at radius 2 is 1.94 bits per heavy atom. The number of aromatic nitrogens is 3. The average Bonchev–Trinajstić information content (AvgIpc) is 2.82. The molecule has 0 unspecified atom stereocenters. The van der Waals surface area contributed by atoms with Gasteiger partial charge in [-0.1, -0.05) is 39.0 Å². The van der Waals surface area contributed by atoms with Gasteiger partial charge < -0.3 is 10.1 Å². The van der Waals surface area contributed by atoms with Crippen molar-refractivity contribution in [1.82, 2.24) is 19.4 Å². The quantitative estimate of drug-likeness (QED) is 0.555.